The molecular formula is C9H12N2O4. The van der Waals surface area contributed by atoms with Crippen LogP contribution in [0.1, 0.15) is 19.5 Å². The molecule has 1 N–H and O–H groups in total. The van der Waals surface area contributed by atoms with Gasteiger partial charge in [-0.05, 0) is 13.8 Å². The zero-order chi connectivity index (χ0) is 11.4. The van der Waals surface area contributed by atoms with Gasteiger partial charge in [-0.2, -0.15) is 4.73 Å². The Morgan fingerprint density at radius 3 is 2.93 bits per heavy atom. The predicted molar refractivity (Wildman–Crippen MR) is 49.8 cm³/mol. The summed E-state index contributed by atoms with van der Waals surface area (Å²) in [6.45, 7) is 3.40. The molecule has 0 spiro atoms. The summed E-state index contributed by atoms with van der Waals surface area (Å²) >= 11 is 0. The van der Waals surface area contributed by atoms with Crippen LogP contribution in [0.5, 0.6) is 5.88 Å². The molecule has 0 aromatic carbocycles. The summed E-state index contributed by atoms with van der Waals surface area (Å²) in [4.78, 5) is 14.7. The second-order valence-electron chi connectivity index (χ2n) is 3.24. The summed E-state index contributed by atoms with van der Waals surface area (Å²) in [5.74, 6) is -1.02. The number of ether oxygens (including phenoxy) is 1. The first kappa shape index (κ1) is 11.2. The molecule has 0 aliphatic carbocycles. The highest BCUT2D eigenvalue weighted by atomic mass is 16.5. The van der Waals surface area contributed by atoms with Crippen LogP contribution in [0.3, 0.4) is 0 Å². The van der Waals surface area contributed by atoms with E-state index in [0.29, 0.717) is 4.73 Å². The predicted octanol–water partition coefficient (Wildman–Crippen LogP) is -0.0853. The number of carbonyl (C=O) groups is 1. The van der Waals surface area contributed by atoms with Crippen molar-refractivity contribution in [1.29, 1.82) is 0 Å². The van der Waals surface area contributed by atoms with Crippen molar-refractivity contribution in [1.82, 2.24) is 4.98 Å². The lowest BCUT2D eigenvalue weighted by Gasteiger charge is -2.08. The highest BCUT2D eigenvalue weighted by Crippen LogP contribution is 2.08. The van der Waals surface area contributed by atoms with Gasteiger partial charge in [0.15, 0.2) is 6.20 Å². The maximum atomic E-state index is 11.2. The zero-order valence-corrected chi connectivity index (χ0v) is 8.51. The maximum absolute atomic E-state index is 11.2. The summed E-state index contributed by atoms with van der Waals surface area (Å²) in [5, 5.41) is 20.4. The Morgan fingerprint density at radius 1 is 1.73 bits per heavy atom. The lowest BCUT2D eigenvalue weighted by atomic mass is 10.3. The van der Waals surface area contributed by atoms with Crippen molar-refractivity contribution in [2.24, 2.45) is 0 Å². The van der Waals surface area contributed by atoms with Crippen LogP contribution in [0.15, 0.2) is 12.4 Å². The van der Waals surface area contributed by atoms with Crippen LogP contribution in [0.25, 0.3) is 0 Å². The van der Waals surface area contributed by atoms with Crippen LogP contribution in [0, 0.1) is 5.21 Å². The number of aromatic hydroxyl groups is 1. The molecule has 0 aliphatic rings. The van der Waals surface area contributed by atoms with E-state index < -0.39 is 11.8 Å². The van der Waals surface area contributed by atoms with Crippen molar-refractivity contribution in [3.63, 3.8) is 0 Å². The fourth-order valence-corrected chi connectivity index (χ4v) is 1.03. The van der Waals surface area contributed by atoms with Gasteiger partial charge in [-0.25, -0.2) is 4.98 Å². The number of rotatable bonds is 3. The van der Waals surface area contributed by atoms with Gasteiger partial charge in [0, 0.05) is 0 Å². The molecule has 0 unspecified atom stereocenters. The molecule has 0 amide bonds. The van der Waals surface area contributed by atoms with Gasteiger partial charge in [0.2, 0.25) is 0 Å². The Morgan fingerprint density at radius 2 is 2.40 bits per heavy atom. The van der Waals surface area contributed by atoms with Crippen LogP contribution in [-0.2, 0) is 16.0 Å². The minimum Gasteiger partial charge on any atom is -0.618 e. The highest BCUT2D eigenvalue weighted by molar-refractivity contribution is 5.72. The van der Waals surface area contributed by atoms with Crippen LogP contribution < -0.4 is 4.73 Å². The minimum atomic E-state index is -0.571. The first-order valence-corrected chi connectivity index (χ1v) is 4.46. The van der Waals surface area contributed by atoms with Crippen molar-refractivity contribution < 1.29 is 19.4 Å². The van der Waals surface area contributed by atoms with E-state index in [9.17, 15) is 15.1 Å². The molecule has 0 bridgehead atoms. The number of esters is 1. The standard InChI is InChI=1S/C9H12N2O4/c1-6(2)15-8(12)5-7-9(13)10-3-4-11(7)14/h3-4,6H,5H2,1-2H3,(H,10,13). The molecule has 82 valence electrons. The lowest BCUT2D eigenvalue weighted by molar-refractivity contribution is -0.614. The summed E-state index contributed by atoms with van der Waals surface area (Å²) in [6, 6.07) is 0. The Hall–Kier alpha value is -1.85. The molecule has 0 radical (unpaired) electrons. The van der Waals surface area contributed by atoms with Gasteiger partial charge < -0.3 is 15.1 Å². The van der Waals surface area contributed by atoms with Crippen LogP contribution in [0.4, 0.5) is 0 Å². The van der Waals surface area contributed by atoms with Gasteiger partial charge in [-0.1, -0.05) is 0 Å². The van der Waals surface area contributed by atoms with Gasteiger partial charge in [-0.3, -0.25) is 4.79 Å². The van der Waals surface area contributed by atoms with Crippen molar-refractivity contribution in [3.8, 4) is 5.88 Å². The van der Waals surface area contributed by atoms with Crippen molar-refractivity contribution in [3.05, 3.63) is 23.3 Å². The monoisotopic (exact) mass is 212 g/mol. The topological polar surface area (TPSA) is 86.4 Å². The van der Waals surface area contributed by atoms with Gasteiger partial charge in [0.05, 0.1) is 12.3 Å². The average Bonchev–Trinajstić information content (AvgIpc) is 2.10. The largest absolute Gasteiger partial charge is 0.618 e. The molecule has 0 atom stereocenters. The Kier molecular flexibility index (Phi) is 3.43. The van der Waals surface area contributed by atoms with E-state index in [1.165, 1.54) is 0 Å². The number of nitrogens with zero attached hydrogens (tertiary/aromatic N) is 2. The SMILES string of the molecule is CC(C)OC(=O)Cc1c(O)ncc[n+]1[O-]. The average molecular weight is 212 g/mol. The van der Waals surface area contributed by atoms with Gasteiger partial charge in [-0.15, -0.1) is 0 Å². The summed E-state index contributed by atoms with van der Waals surface area (Å²) in [5.41, 5.74) is -0.108. The van der Waals surface area contributed by atoms with E-state index in [2.05, 4.69) is 4.98 Å². The fourth-order valence-electron chi connectivity index (χ4n) is 1.03. The van der Waals surface area contributed by atoms with E-state index in [1.807, 2.05) is 0 Å². The van der Waals surface area contributed by atoms with Gasteiger partial charge in [0.1, 0.15) is 6.42 Å². The fraction of sp³-hybridized carbons (Fsp3) is 0.444. The molecule has 1 aromatic heterocycles. The molecule has 0 aliphatic heterocycles. The van der Waals surface area contributed by atoms with Gasteiger partial charge in [0.25, 0.3) is 11.6 Å². The number of hydrogen-bond acceptors (Lipinski definition) is 5. The minimum absolute atomic E-state index is 0.108. The molecule has 1 heterocycles. The second-order valence-corrected chi connectivity index (χ2v) is 3.24. The molecule has 15 heavy (non-hydrogen) atoms. The normalized spacial score (nSPS) is 10.3. The quantitative estimate of drug-likeness (QED) is 0.430. The Labute approximate surface area is 86.7 Å². The van der Waals surface area contributed by atoms with E-state index >= 15 is 0 Å². The number of carbonyl (C=O) groups excluding carboxylic acids is 1. The lowest BCUT2D eigenvalue weighted by Crippen LogP contribution is -2.33. The Bertz CT molecular complexity index is 345. The van der Waals surface area contributed by atoms with Crippen LogP contribution >= 0.6 is 0 Å². The molecule has 0 saturated carbocycles. The first-order chi connectivity index (χ1) is 7.00. The zero-order valence-electron chi connectivity index (χ0n) is 8.51. The van der Waals surface area contributed by atoms with Crippen molar-refractivity contribution in [2.45, 2.75) is 26.4 Å². The Balaban J connectivity index is 2.76. The van der Waals surface area contributed by atoms with Crippen molar-refractivity contribution in [2.75, 3.05) is 0 Å². The third-order valence-electron chi connectivity index (χ3n) is 1.60. The molecular weight excluding hydrogens is 200 g/mol. The molecule has 6 heteroatoms. The molecule has 1 rings (SSSR count). The second kappa shape index (κ2) is 4.59. The van der Waals surface area contributed by atoms with E-state index in [0.717, 1.165) is 12.4 Å². The van der Waals surface area contributed by atoms with Crippen LogP contribution in [0.2, 0.25) is 0 Å². The molecule has 1 aromatic rings. The molecule has 0 fully saturated rings. The summed E-state index contributed by atoms with van der Waals surface area (Å²) in [6.07, 6.45) is 1.72. The van der Waals surface area contributed by atoms with E-state index in [-0.39, 0.29) is 18.2 Å². The summed E-state index contributed by atoms with van der Waals surface area (Å²) in [7, 11) is 0. The third-order valence-corrected chi connectivity index (χ3v) is 1.60. The first-order valence-electron chi connectivity index (χ1n) is 4.46. The summed E-state index contributed by atoms with van der Waals surface area (Å²) < 4.78 is 5.23. The third kappa shape index (κ3) is 3.08. The number of aromatic nitrogens is 2. The van der Waals surface area contributed by atoms with Gasteiger partial charge >= 0.3 is 5.97 Å². The van der Waals surface area contributed by atoms with E-state index in [1.54, 1.807) is 13.8 Å². The highest BCUT2D eigenvalue weighted by Gasteiger charge is 2.19. The van der Waals surface area contributed by atoms with Crippen LogP contribution in [-0.4, -0.2) is 22.2 Å². The molecule has 0 saturated heterocycles. The maximum Gasteiger partial charge on any atom is 0.317 e. The van der Waals surface area contributed by atoms with Crippen molar-refractivity contribution >= 4 is 5.97 Å². The smallest absolute Gasteiger partial charge is 0.317 e. The number of hydrogen-bond donors (Lipinski definition) is 1. The molecule has 6 nitrogen and oxygen atoms in total. The van der Waals surface area contributed by atoms with E-state index in [4.69, 9.17) is 4.74 Å².